The van der Waals surface area contributed by atoms with Gasteiger partial charge in [-0.05, 0) is 68.5 Å². The van der Waals surface area contributed by atoms with Crippen LogP contribution in [0.3, 0.4) is 0 Å². The molecule has 4 heterocycles. The van der Waals surface area contributed by atoms with Crippen LogP contribution in [-0.2, 0) is 0 Å². The summed E-state index contributed by atoms with van der Waals surface area (Å²) in [6.07, 6.45) is 7.61. The molecule has 1 saturated carbocycles. The van der Waals surface area contributed by atoms with Gasteiger partial charge in [-0.15, -0.1) is 0 Å². The van der Waals surface area contributed by atoms with Crippen LogP contribution in [0.15, 0.2) is 61.2 Å². The van der Waals surface area contributed by atoms with Crippen LogP contribution in [0, 0.1) is 5.82 Å². The van der Waals surface area contributed by atoms with Crippen molar-refractivity contribution in [1.82, 2.24) is 24.4 Å². The molecule has 4 aromatic rings. The fourth-order valence-corrected chi connectivity index (χ4v) is 5.16. The van der Waals surface area contributed by atoms with Crippen LogP contribution < -0.4 is 4.90 Å². The predicted octanol–water partition coefficient (Wildman–Crippen LogP) is 4.57. The molecule has 0 radical (unpaired) electrons. The van der Waals surface area contributed by atoms with E-state index in [1.165, 1.54) is 17.7 Å². The van der Waals surface area contributed by atoms with E-state index in [1.807, 2.05) is 27.7 Å². The molecule has 1 aromatic carbocycles. The minimum Gasteiger partial charge on any atom is -0.349 e. The molecule has 2 aliphatic rings. The number of hydrogen-bond donors (Lipinski definition) is 0. The lowest BCUT2D eigenvalue weighted by Crippen LogP contribution is -2.58. The highest BCUT2D eigenvalue weighted by Gasteiger charge is 2.36. The summed E-state index contributed by atoms with van der Waals surface area (Å²) in [4.78, 5) is 31.0. The van der Waals surface area contributed by atoms with Gasteiger partial charge in [-0.1, -0.05) is 12.1 Å². The number of benzene rings is 1. The zero-order valence-electron chi connectivity index (χ0n) is 19.8. The first-order valence-electron chi connectivity index (χ1n) is 12.1. The fourth-order valence-electron chi connectivity index (χ4n) is 5.16. The third kappa shape index (κ3) is 3.83. The molecular formula is C27H27FN6O. The number of carbonyl (C=O) groups excluding carboxylic acids is 1. The van der Waals surface area contributed by atoms with E-state index < -0.39 is 0 Å². The topological polar surface area (TPSA) is 67.2 Å². The molecule has 7 nitrogen and oxygen atoms in total. The van der Waals surface area contributed by atoms with E-state index in [9.17, 15) is 9.18 Å². The Labute approximate surface area is 203 Å². The van der Waals surface area contributed by atoms with Crippen molar-refractivity contribution in [3.8, 4) is 5.69 Å². The first-order valence-corrected chi connectivity index (χ1v) is 12.1. The van der Waals surface area contributed by atoms with Gasteiger partial charge in [-0.2, -0.15) is 0 Å². The van der Waals surface area contributed by atoms with E-state index in [1.54, 1.807) is 24.7 Å². The number of pyridine rings is 1. The third-order valence-corrected chi connectivity index (χ3v) is 7.10. The lowest BCUT2D eigenvalue weighted by Gasteiger charge is -2.44. The second kappa shape index (κ2) is 8.45. The lowest BCUT2D eigenvalue weighted by molar-refractivity contribution is 0.0638. The number of carbonyl (C=O) groups is 1. The standard InChI is InChI=1S/C27H27FN6O/c1-17-14-33(27(35)23-8-3-4-11-29-23)18(2)13-32(17)25-24-22(19-9-10-19)15-34(26(24)31-16-30-25)21-7-5-6-20(28)12-21/h3-8,11-12,15-19H,9-10,13-14H2,1-2H3/t17-,18+/m0/s1. The Morgan fingerprint density at radius 1 is 1.00 bits per heavy atom. The van der Waals surface area contributed by atoms with Crippen molar-refractivity contribution in [3.63, 3.8) is 0 Å². The summed E-state index contributed by atoms with van der Waals surface area (Å²) in [5, 5.41) is 1.03. The largest absolute Gasteiger partial charge is 0.349 e. The van der Waals surface area contributed by atoms with Crippen molar-refractivity contribution in [2.75, 3.05) is 18.0 Å². The van der Waals surface area contributed by atoms with Gasteiger partial charge in [-0.3, -0.25) is 9.78 Å². The van der Waals surface area contributed by atoms with E-state index in [-0.39, 0.29) is 23.8 Å². The number of halogens is 1. The van der Waals surface area contributed by atoms with Crippen LogP contribution in [0.4, 0.5) is 10.2 Å². The van der Waals surface area contributed by atoms with Gasteiger partial charge in [0, 0.05) is 43.3 Å². The Morgan fingerprint density at radius 3 is 2.60 bits per heavy atom. The van der Waals surface area contributed by atoms with Crippen molar-refractivity contribution in [2.24, 2.45) is 0 Å². The summed E-state index contributed by atoms with van der Waals surface area (Å²) >= 11 is 0. The average molecular weight is 471 g/mol. The highest BCUT2D eigenvalue weighted by molar-refractivity contribution is 5.94. The molecule has 1 amide bonds. The Bertz CT molecular complexity index is 1400. The summed E-state index contributed by atoms with van der Waals surface area (Å²) in [6.45, 7) is 5.42. The van der Waals surface area contributed by atoms with Gasteiger partial charge in [0.25, 0.3) is 5.91 Å². The minimum atomic E-state index is -0.275. The number of amides is 1. The van der Waals surface area contributed by atoms with Crippen LogP contribution in [0.2, 0.25) is 0 Å². The molecule has 1 aliphatic carbocycles. The molecule has 35 heavy (non-hydrogen) atoms. The fraction of sp³-hybridized carbons (Fsp3) is 0.333. The molecule has 2 fully saturated rings. The SMILES string of the molecule is C[C@@H]1CN(c2ncnc3c2c(C2CC2)cn3-c2cccc(F)c2)[C@@H](C)CN1C(=O)c1ccccn1. The van der Waals surface area contributed by atoms with Crippen molar-refractivity contribution >= 4 is 22.8 Å². The second-order valence-corrected chi connectivity index (χ2v) is 9.63. The van der Waals surface area contributed by atoms with E-state index >= 15 is 0 Å². The maximum atomic E-state index is 14.0. The molecule has 6 rings (SSSR count). The van der Waals surface area contributed by atoms with Gasteiger partial charge in [-0.25, -0.2) is 14.4 Å². The van der Waals surface area contributed by atoms with Crippen molar-refractivity contribution in [3.05, 3.63) is 78.3 Å². The average Bonchev–Trinajstić information content (AvgIpc) is 3.65. The van der Waals surface area contributed by atoms with E-state index in [2.05, 4.69) is 34.9 Å². The number of nitrogens with zero attached hydrogens (tertiary/aromatic N) is 6. The monoisotopic (exact) mass is 470 g/mol. The number of anilines is 1. The maximum absolute atomic E-state index is 14.0. The van der Waals surface area contributed by atoms with Crippen LogP contribution >= 0.6 is 0 Å². The summed E-state index contributed by atoms with van der Waals surface area (Å²) in [7, 11) is 0. The molecule has 178 valence electrons. The van der Waals surface area contributed by atoms with E-state index in [0.717, 1.165) is 35.4 Å². The molecule has 0 N–H and O–H groups in total. The molecule has 0 spiro atoms. The van der Waals surface area contributed by atoms with Gasteiger partial charge in [0.1, 0.15) is 29.3 Å². The molecule has 8 heteroatoms. The molecular weight excluding hydrogens is 443 g/mol. The number of aromatic nitrogens is 4. The zero-order chi connectivity index (χ0) is 24.1. The number of fused-ring (bicyclic) bond motifs is 1. The molecule has 1 saturated heterocycles. The highest BCUT2D eigenvalue weighted by Crippen LogP contribution is 2.46. The Kier molecular flexibility index (Phi) is 5.24. The molecule has 1 aliphatic heterocycles. The summed E-state index contributed by atoms with van der Waals surface area (Å²) in [5.41, 5.74) is 3.22. The molecule has 0 bridgehead atoms. The summed E-state index contributed by atoms with van der Waals surface area (Å²) in [5.74, 6) is 1.03. The predicted molar refractivity (Wildman–Crippen MR) is 132 cm³/mol. The zero-order valence-corrected chi connectivity index (χ0v) is 19.8. The first-order chi connectivity index (χ1) is 17.0. The van der Waals surface area contributed by atoms with Crippen LogP contribution in [0.25, 0.3) is 16.7 Å². The Balaban J connectivity index is 1.39. The number of rotatable bonds is 4. The third-order valence-electron chi connectivity index (χ3n) is 7.10. The minimum absolute atomic E-state index is 0.0135. The van der Waals surface area contributed by atoms with Gasteiger partial charge in [0.2, 0.25) is 0 Å². The molecule has 0 unspecified atom stereocenters. The van der Waals surface area contributed by atoms with Gasteiger partial charge >= 0.3 is 0 Å². The van der Waals surface area contributed by atoms with Gasteiger partial charge < -0.3 is 14.4 Å². The van der Waals surface area contributed by atoms with Gasteiger partial charge in [0.15, 0.2) is 0 Å². The second-order valence-electron chi connectivity index (χ2n) is 9.63. The van der Waals surface area contributed by atoms with Crippen molar-refractivity contribution in [1.29, 1.82) is 0 Å². The Morgan fingerprint density at radius 2 is 1.86 bits per heavy atom. The summed E-state index contributed by atoms with van der Waals surface area (Å²) in [6, 6.07) is 12.1. The molecule has 2 atom stereocenters. The van der Waals surface area contributed by atoms with Crippen molar-refractivity contribution in [2.45, 2.75) is 44.7 Å². The smallest absolute Gasteiger partial charge is 0.272 e. The van der Waals surface area contributed by atoms with Crippen LogP contribution in [0.1, 0.15) is 48.7 Å². The van der Waals surface area contributed by atoms with Crippen LogP contribution in [-0.4, -0.2) is 55.5 Å². The molecule has 3 aromatic heterocycles. The summed E-state index contributed by atoms with van der Waals surface area (Å²) < 4.78 is 16.0. The van der Waals surface area contributed by atoms with E-state index in [0.29, 0.717) is 24.7 Å². The maximum Gasteiger partial charge on any atom is 0.272 e. The van der Waals surface area contributed by atoms with Gasteiger partial charge in [0.05, 0.1) is 5.39 Å². The normalized spacial score (nSPS) is 20.4. The number of piperazine rings is 1. The quantitative estimate of drug-likeness (QED) is 0.437. The van der Waals surface area contributed by atoms with Crippen molar-refractivity contribution < 1.29 is 9.18 Å². The number of hydrogen-bond acceptors (Lipinski definition) is 5. The van der Waals surface area contributed by atoms with E-state index in [4.69, 9.17) is 4.98 Å². The Hall–Kier alpha value is -3.81. The highest BCUT2D eigenvalue weighted by atomic mass is 19.1. The lowest BCUT2D eigenvalue weighted by atomic mass is 10.1. The van der Waals surface area contributed by atoms with Crippen LogP contribution in [0.5, 0.6) is 0 Å². The first kappa shape index (κ1) is 21.7.